The van der Waals surface area contributed by atoms with E-state index >= 15 is 0 Å². The van der Waals surface area contributed by atoms with Crippen LogP contribution in [0.4, 0.5) is 13.2 Å². The molecule has 4 N–H and O–H groups in total. The van der Waals surface area contributed by atoms with E-state index < -0.39 is 24.4 Å². The molecule has 27 heavy (non-hydrogen) atoms. The van der Waals surface area contributed by atoms with Crippen molar-refractivity contribution >= 4 is 0 Å². The van der Waals surface area contributed by atoms with Gasteiger partial charge in [-0.2, -0.15) is 13.2 Å². The van der Waals surface area contributed by atoms with Gasteiger partial charge in [0.15, 0.2) is 0 Å². The van der Waals surface area contributed by atoms with E-state index in [9.17, 15) is 13.2 Å². The van der Waals surface area contributed by atoms with E-state index in [0.717, 1.165) is 44.4 Å². The number of hydrogen-bond acceptors (Lipinski definition) is 4. The van der Waals surface area contributed by atoms with Crippen molar-refractivity contribution in [3.05, 3.63) is 59.2 Å². The fourth-order valence-electron chi connectivity index (χ4n) is 3.33. The number of halogens is 3. The maximum Gasteiger partial charge on any atom is 0.416 e. The van der Waals surface area contributed by atoms with Crippen LogP contribution in [-0.4, -0.2) is 42.8 Å². The zero-order chi connectivity index (χ0) is 19.4. The molecule has 2 aromatic carbocycles. The van der Waals surface area contributed by atoms with Crippen LogP contribution in [0, 0.1) is 0 Å². The molecule has 1 aliphatic rings. The molecule has 1 aliphatic heterocycles. The quantitative estimate of drug-likeness (QED) is 0.748. The van der Waals surface area contributed by atoms with Crippen molar-refractivity contribution in [2.45, 2.75) is 18.8 Å². The van der Waals surface area contributed by atoms with Crippen LogP contribution in [-0.2, 0) is 12.7 Å². The van der Waals surface area contributed by atoms with Gasteiger partial charge in [-0.3, -0.25) is 4.90 Å². The lowest BCUT2D eigenvalue weighted by Gasteiger charge is -2.27. The lowest BCUT2D eigenvalue weighted by Crippen LogP contribution is -2.42. The molecule has 1 fully saturated rings. The van der Waals surface area contributed by atoms with Gasteiger partial charge in [0.25, 0.3) is 0 Å². The van der Waals surface area contributed by atoms with E-state index in [2.05, 4.69) is 10.2 Å². The van der Waals surface area contributed by atoms with Gasteiger partial charge in [0, 0.05) is 32.7 Å². The highest BCUT2D eigenvalue weighted by molar-refractivity contribution is 5.65. The van der Waals surface area contributed by atoms with Gasteiger partial charge in [0.2, 0.25) is 0 Å². The lowest BCUT2D eigenvalue weighted by atomic mass is 9.95. The molecule has 0 amide bonds. The number of hydrogen-bond donors (Lipinski definition) is 3. The minimum Gasteiger partial charge on any atom is -0.394 e. The Morgan fingerprint density at radius 1 is 1.04 bits per heavy atom. The van der Waals surface area contributed by atoms with Crippen LogP contribution >= 0.6 is 0 Å². The summed E-state index contributed by atoms with van der Waals surface area (Å²) in [5.74, 6) is 0. The van der Waals surface area contributed by atoms with Gasteiger partial charge in [-0.15, -0.1) is 0 Å². The van der Waals surface area contributed by atoms with Crippen LogP contribution in [0.5, 0.6) is 0 Å². The molecule has 2 aromatic rings. The largest absolute Gasteiger partial charge is 0.416 e. The summed E-state index contributed by atoms with van der Waals surface area (Å²) < 4.78 is 40.3. The molecule has 0 spiro atoms. The molecule has 0 bridgehead atoms. The Kier molecular flexibility index (Phi) is 6.16. The molecular weight excluding hydrogens is 355 g/mol. The van der Waals surface area contributed by atoms with E-state index in [1.165, 1.54) is 6.07 Å². The predicted octanol–water partition coefficient (Wildman–Crippen LogP) is 2.77. The van der Waals surface area contributed by atoms with Gasteiger partial charge in [0.05, 0.1) is 18.2 Å². The molecule has 3 rings (SSSR count). The summed E-state index contributed by atoms with van der Waals surface area (Å²) >= 11 is 0. The zero-order valence-corrected chi connectivity index (χ0v) is 15.0. The Hall–Kier alpha value is -1.93. The number of nitrogens with one attached hydrogen (secondary N) is 1. The molecule has 146 valence electrons. The Balaban J connectivity index is 1.83. The second kappa shape index (κ2) is 8.39. The molecular formula is C20H24F3N3O. The third-order valence-corrected chi connectivity index (χ3v) is 4.86. The van der Waals surface area contributed by atoms with Crippen molar-refractivity contribution in [2.24, 2.45) is 5.73 Å². The fraction of sp³-hybridized carbons (Fsp3) is 0.400. The second-order valence-corrected chi connectivity index (χ2v) is 6.81. The molecule has 0 aromatic heterocycles. The fourth-order valence-corrected chi connectivity index (χ4v) is 3.33. The van der Waals surface area contributed by atoms with Crippen molar-refractivity contribution in [1.82, 2.24) is 10.2 Å². The average molecular weight is 379 g/mol. The van der Waals surface area contributed by atoms with Gasteiger partial charge in [-0.25, -0.2) is 0 Å². The average Bonchev–Trinajstić information content (AvgIpc) is 2.67. The molecule has 1 atom stereocenters. The first-order chi connectivity index (χ1) is 12.9. The van der Waals surface area contributed by atoms with Crippen molar-refractivity contribution in [3.63, 3.8) is 0 Å². The van der Waals surface area contributed by atoms with Gasteiger partial charge in [-0.1, -0.05) is 36.4 Å². The molecule has 0 radical (unpaired) electrons. The second-order valence-electron chi connectivity index (χ2n) is 6.81. The minimum absolute atomic E-state index is 0.0934. The molecule has 4 nitrogen and oxygen atoms in total. The number of nitrogens with two attached hydrogens (primary N) is 1. The first-order valence-electron chi connectivity index (χ1n) is 8.98. The maximum atomic E-state index is 13.4. The normalized spacial score (nSPS) is 17.1. The van der Waals surface area contributed by atoms with Crippen LogP contribution in [0.15, 0.2) is 42.5 Å². The summed E-state index contributed by atoms with van der Waals surface area (Å²) in [6.45, 7) is 4.22. The van der Waals surface area contributed by atoms with E-state index in [1.54, 1.807) is 6.07 Å². The zero-order valence-electron chi connectivity index (χ0n) is 15.0. The third-order valence-electron chi connectivity index (χ3n) is 4.86. The van der Waals surface area contributed by atoms with Crippen LogP contribution in [0.1, 0.15) is 22.7 Å². The topological polar surface area (TPSA) is 61.5 Å². The number of aliphatic hydroxyl groups excluding tert-OH is 1. The number of aliphatic hydroxyl groups is 1. The van der Waals surface area contributed by atoms with Crippen molar-refractivity contribution < 1.29 is 18.3 Å². The van der Waals surface area contributed by atoms with Crippen molar-refractivity contribution in [1.29, 1.82) is 0 Å². The van der Waals surface area contributed by atoms with Gasteiger partial charge in [0.1, 0.15) is 0 Å². The lowest BCUT2D eigenvalue weighted by molar-refractivity contribution is -0.138. The Labute approximate surface area is 156 Å². The van der Waals surface area contributed by atoms with E-state index in [0.29, 0.717) is 11.1 Å². The molecule has 0 aliphatic carbocycles. The summed E-state index contributed by atoms with van der Waals surface area (Å²) in [6, 6.07) is 10.6. The number of benzene rings is 2. The Bertz CT molecular complexity index is 756. The van der Waals surface area contributed by atoms with Gasteiger partial charge >= 0.3 is 6.18 Å². The number of piperazine rings is 1. The van der Waals surface area contributed by atoms with Crippen molar-refractivity contribution in [2.75, 3.05) is 32.8 Å². The highest BCUT2D eigenvalue weighted by atomic mass is 19.4. The molecule has 7 heteroatoms. The Morgan fingerprint density at radius 3 is 2.26 bits per heavy atom. The first-order valence-corrected chi connectivity index (χ1v) is 8.98. The highest BCUT2D eigenvalue weighted by Crippen LogP contribution is 2.37. The molecule has 1 saturated heterocycles. The summed E-state index contributed by atoms with van der Waals surface area (Å²) in [4.78, 5) is 2.35. The summed E-state index contributed by atoms with van der Waals surface area (Å²) in [5.41, 5.74) is 7.07. The summed E-state index contributed by atoms with van der Waals surface area (Å²) in [5, 5.41) is 12.4. The van der Waals surface area contributed by atoms with Gasteiger partial charge in [-0.05, 0) is 28.3 Å². The third kappa shape index (κ3) is 4.87. The van der Waals surface area contributed by atoms with E-state index in [4.69, 9.17) is 10.8 Å². The van der Waals surface area contributed by atoms with Crippen LogP contribution < -0.4 is 11.1 Å². The first kappa shape index (κ1) is 19.8. The van der Waals surface area contributed by atoms with Gasteiger partial charge < -0.3 is 16.2 Å². The summed E-state index contributed by atoms with van der Waals surface area (Å²) in [6.07, 6.45) is -4.53. The monoisotopic (exact) mass is 379 g/mol. The molecule has 1 heterocycles. The summed E-state index contributed by atoms with van der Waals surface area (Å²) in [7, 11) is 0. The number of nitrogens with zero attached hydrogens (tertiary/aromatic N) is 1. The van der Waals surface area contributed by atoms with E-state index in [1.807, 2.05) is 24.3 Å². The van der Waals surface area contributed by atoms with E-state index in [-0.39, 0.29) is 5.56 Å². The minimum atomic E-state index is -4.53. The smallest absolute Gasteiger partial charge is 0.394 e. The maximum absolute atomic E-state index is 13.4. The highest BCUT2D eigenvalue weighted by Gasteiger charge is 2.35. The number of alkyl halides is 3. The standard InChI is InChI=1S/C20H24F3N3O/c21-20(22,23)18-11-16(5-6-17(18)19(24)13-27)15-3-1-14(2-4-15)12-26-9-7-25-8-10-26/h1-6,11,19,25,27H,7-10,12-13,24H2. The number of rotatable bonds is 5. The predicted molar refractivity (Wildman–Crippen MR) is 99.0 cm³/mol. The van der Waals surface area contributed by atoms with Crippen molar-refractivity contribution in [3.8, 4) is 11.1 Å². The van der Waals surface area contributed by atoms with Crippen LogP contribution in [0.25, 0.3) is 11.1 Å². The Morgan fingerprint density at radius 2 is 1.67 bits per heavy atom. The SMILES string of the molecule is NC(CO)c1ccc(-c2ccc(CN3CCNCC3)cc2)cc1C(F)(F)F. The van der Waals surface area contributed by atoms with Crippen LogP contribution in [0.3, 0.4) is 0 Å². The molecule has 1 unspecified atom stereocenters. The van der Waals surface area contributed by atoms with Crippen LogP contribution in [0.2, 0.25) is 0 Å². The molecule has 0 saturated carbocycles.